The van der Waals surface area contributed by atoms with Gasteiger partial charge < -0.3 is 10.1 Å². The summed E-state index contributed by atoms with van der Waals surface area (Å²) in [7, 11) is 0. The zero-order chi connectivity index (χ0) is 14.9. The van der Waals surface area contributed by atoms with Gasteiger partial charge in [0, 0.05) is 22.4 Å². The van der Waals surface area contributed by atoms with Gasteiger partial charge in [0.1, 0.15) is 12.4 Å². The van der Waals surface area contributed by atoms with Crippen LogP contribution in [0.1, 0.15) is 10.4 Å². The maximum atomic E-state index is 11.7. The van der Waals surface area contributed by atoms with Gasteiger partial charge in [-0.15, -0.1) is 0 Å². The molecule has 4 nitrogen and oxygen atoms in total. The van der Waals surface area contributed by atoms with Crippen LogP contribution in [-0.2, 0) is 0 Å². The van der Waals surface area contributed by atoms with E-state index >= 15 is 0 Å². The number of hydrogen-bond donors (Lipinski definition) is 1. The van der Waals surface area contributed by atoms with Gasteiger partial charge in [-0.2, -0.15) is 0 Å². The average molecular weight is 345 g/mol. The number of ether oxygens (including phenoxy) is 1. The van der Waals surface area contributed by atoms with E-state index in [1.165, 1.54) is 0 Å². The zero-order valence-corrected chi connectivity index (χ0v) is 12.8. The van der Waals surface area contributed by atoms with Crippen LogP contribution in [0.3, 0.4) is 0 Å². The molecule has 21 heavy (non-hydrogen) atoms. The second-order valence-corrected chi connectivity index (χ2v) is 4.93. The second-order valence-electron chi connectivity index (χ2n) is 4.02. The van der Waals surface area contributed by atoms with Gasteiger partial charge in [-0.25, -0.2) is 0 Å². The summed E-state index contributed by atoms with van der Waals surface area (Å²) in [4.78, 5) is 15.5. The number of aromatic nitrogens is 1. The van der Waals surface area contributed by atoms with E-state index in [9.17, 15) is 4.79 Å². The second kappa shape index (κ2) is 8.08. The molecule has 0 aliphatic rings. The Morgan fingerprint density at radius 1 is 1.24 bits per heavy atom. The number of carbonyl (C=O) groups excluding carboxylic acids is 1. The van der Waals surface area contributed by atoms with E-state index in [0.29, 0.717) is 5.56 Å². The normalized spacial score (nSPS) is 9.38. The molecule has 0 spiro atoms. The fraction of sp³-hybridized carbons (Fsp3) is 0.125. The lowest BCUT2D eigenvalue weighted by molar-refractivity contribution is 0.0958. The summed E-state index contributed by atoms with van der Waals surface area (Å²) in [5.74, 6) is 6.26. The molecule has 106 valence electrons. The number of carbonyl (C=O) groups is 1. The molecule has 1 aromatic heterocycles. The van der Waals surface area contributed by atoms with E-state index in [-0.39, 0.29) is 19.1 Å². The first kappa shape index (κ1) is 15.1. The van der Waals surface area contributed by atoms with Crippen LogP contribution in [0.2, 0.25) is 0 Å². The van der Waals surface area contributed by atoms with E-state index in [1.807, 2.05) is 24.3 Å². The number of rotatable bonds is 4. The first-order chi connectivity index (χ1) is 10.3. The van der Waals surface area contributed by atoms with Gasteiger partial charge in [-0.05, 0) is 30.3 Å². The Morgan fingerprint density at radius 3 is 2.81 bits per heavy atom. The van der Waals surface area contributed by atoms with Crippen molar-refractivity contribution in [2.24, 2.45) is 0 Å². The molecule has 2 rings (SSSR count). The minimum atomic E-state index is -0.167. The number of hydrogen-bond acceptors (Lipinski definition) is 3. The minimum Gasteiger partial charge on any atom is -0.481 e. The summed E-state index contributed by atoms with van der Waals surface area (Å²) in [6.45, 7) is 0.560. The minimum absolute atomic E-state index is 0.167. The number of halogens is 1. The maximum absolute atomic E-state index is 11.7. The van der Waals surface area contributed by atoms with Crippen LogP contribution in [0.4, 0.5) is 0 Å². The summed E-state index contributed by atoms with van der Waals surface area (Å²) in [5.41, 5.74) is 0.567. The molecule has 0 bridgehead atoms. The molecule has 0 aliphatic heterocycles. The van der Waals surface area contributed by atoms with E-state index in [4.69, 9.17) is 4.74 Å². The van der Waals surface area contributed by atoms with Gasteiger partial charge >= 0.3 is 0 Å². The molecular formula is C16H13BrN2O2. The highest BCUT2D eigenvalue weighted by atomic mass is 79.9. The van der Waals surface area contributed by atoms with Gasteiger partial charge in [-0.1, -0.05) is 33.8 Å². The van der Waals surface area contributed by atoms with E-state index in [2.05, 4.69) is 38.1 Å². The molecule has 1 heterocycles. The lowest BCUT2D eigenvalue weighted by Gasteiger charge is -2.02. The van der Waals surface area contributed by atoms with Gasteiger partial charge in [0.05, 0.1) is 6.54 Å². The average Bonchev–Trinajstić information content (AvgIpc) is 2.51. The molecule has 5 heteroatoms. The molecule has 0 saturated heterocycles. The third-order valence-corrected chi connectivity index (χ3v) is 3.01. The first-order valence-corrected chi connectivity index (χ1v) is 7.07. The number of nitrogens with one attached hydrogen (secondary N) is 1. The van der Waals surface area contributed by atoms with Gasteiger partial charge in [0.15, 0.2) is 0 Å². The lowest BCUT2D eigenvalue weighted by atomic mass is 10.2. The van der Waals surface area contributed by atoms with Crippen LogP contribution >= 0.6 is 15.9 Å². The zero-order valence-electron chi connectivity index (χ0n) is 11.2. The standard InChI is InChI=1S/C16H13BrN2O2/c17-14-4-3-5-15(12-14)21-11-2-1-8-19-16(20)13-6-9-18-10-7-13/h3-7,9-10,12H,8,11H2,(H,19,20). The number of benzene rings is 1. The van der Waals surface area contributed by atoms with Gasteiger partial charge in [-0.3, -0.25) is 9.78 Å². The van der Waals surface area contributed by atoms with Crippen LogP contribution in [-0.4, -0.2) is 24.0 Å². The summed E-state index contributed by atoms with van der Waals surface area (Å²) in [6.07, 6.45) is 3.15. The first-order valence-electron chi connectivity index (χ1n) is 6.28. The van der Waals surface area contributed by atoms with E-state index in [0.717, 1.165) is 10.2 Å². The van der Waals surface area contributed by atoms with Crippen molar-refractivity contribution < 1.29 is 9.53 Å². The molecule has 2 aromatic rings. The van der Waals surface area contributed by atoms with Crippen molar-refractivity contribution in [2.45, 2.75) is 0 Å². The van der Waals surface area contributed by atoms with Crippen LogP contribution in [0.15, 0.2) is 53.3 Å². The topological polar surface area (TPSA) is 51.2 Å². The van der Waals surface area contributed by atoms with Crippen LogP contribution in [0, 0.1) is 11.8 Å². The van der Waals surface area contributed by atoms with Crippen LogP contribution < -0.4 is 10.1 Å². The summed E-state index contributed by atoms with van der Waals surface area (Å²) in [5, 5.41) is 2.70. The van der Waals surface area contributed by atoms with E-state index < -0.39 is 0 Å². The van der Waals surface area contributed by atoms with Crippen LogP contribution in [0.25, 0.3) is 0 Å². The van der Waals surface area contributed by atoms with Crippen molar-refractivity contribution in [1.82, 2.24) is 10.3 Å². The molecule has 0 unspecified atom stereocenters. The molecule has 0 atom stereocenters. The summed E-state index contributed by atoms with van der Waals surface area (Å²) >= 11 is 3.37. The molecule has 0 fully saturated rings. The quantitative estimate of drug-likeness (QED) is 0.867. The highest BCUT2D eigenvalue weighted by molar-refractivity contribution is 9.10. The molecular weight excluding hydrogens is 332 g/mol. The Bertz CT molecular complexity index is 663. The lowest BCUT2D eigenvalue weighted by Crippen LogP contribution is -2.23. The van der Waals surface area contributed by atoms with Crippen molar-refractivity contribution in [2.75, 3.05) is 13.2 Å². The molecule has 0 radical (unpaired) electrons. The van der Waals surface area contributed by atoms with Gasteiger partial charge in [0.2, 0.25) is 0 Å². The van der Waals surface area contributed by atoms with Crippen molar-refractivity contribution in [3.05, 3.63) is 58.8 Å². The Labute approximate surface area is 131 Å². The predicted molar refractivity (Wildman–Crippen MR) is 84.0 cm³/mol. The number of nitrogens with zero attached hydrogens (tertiary/aromatic N) is 1. The number of pyridine rings is 1. The molecule has 1 amide bonds. The van der Waals surface area contributed by atoms with Gasteiger partial charge in [0.25, 0.3) is 5.91 Å². The van der Waals surface area contributed by atoms with E-state index in [1.54, 1.807) is 24.5 Å². The Morgan fingerprint density at radius 2 is 2.05 bits per heavy atom. The molecule has 0 aliphatic carbocycles. The Hall–Kier alpha value is -2.32. The third-order valence-electron chi connectivity index (χ3n) is 2.51. The third kappa shape index (κ3) is 5.28. The fourth-order valence-corrected chi connectivity index (χ4v) is 1.90. The van der Waals surface area contributed by atoms with Crippen LogP contribution in [0.5, 0.6) is 5.75 Å². The largest absolute Gasteiger partial charge is 0.481 e. The summed E-state index contributed by atoms with van der Waals surface area (Å²) in [6, 6.07) is 10.8. The highest BCUT2D eigenvalue weighted by Gasteiger charge is 2.01. The SMILES string of the molecule is O=C(NCC#CCOc1cccc(Br)c1)c1ccncc1. The van der Waals surface area contributed by atoms with Crippen molar-refractivity contribution in [3.8, 4) is 17.6 Å². The summed E-state index contributed by atoms with van der Waals surface area (Å²) < 4.78 is 6.41. The fourth-order valence-electron chi connectivity index (χ4n) is 1.52. The monoisotopic (exact) mass is 344 g/mol. The number of amides is 1. The Kier molecular flexibility index (Phi) is 5.80. The highest BCUT2D eigenvalue weighted by Crippen LogP contribution is 2.17. The smallest absolute Gasteiger partial charge is 0.252 e. The predicted octanol–water partition coefficient (Wildman–Crippen LogP) is 2.66. The maximum Gasteiger partial charge on any atom is 0.252 e. The molecule has 1 N–H and O–H groups in total. The van der Waals surface area contributed by atoms with Crippen molar-refractivity contribution in [3.63, 3.8) is 0 Å². The molecule has 0 saturated carbocycles. The molecule has 1 aromatic carbocycles. The van der Waals surface area contributed by atoms with Crippen molar-refractivity contribution in [1.29, 1.82) is 0 Å². The van der Waals surface area contributed by atoms with Crippen molar-refractivity contribution >= 4 is 21.8 Å². The Balaban J connectivity index is 1.71.